The van der Waals surface area contributed by atoms with Crippen LogP contribution in [0, 0.1) is 0 Å². The maximum absolute atomic E-state index is 11.3. The summed E-state index contributed by atoms with van der Waals surface area (Å²) in [6, 6.07) is 6.17. The molecule has 0 fully saturated rings. The Hall–Kier alpha value is -2.21. The average molecular weight is 255 g/mol. The molecule has 0 spiro atoms. The molecule has 17 heavy (non-hydrogen) atoms. The summed E-state index contributed by atoms with van der Waals surface area (Å²) < 4.78 is 5.13. The zero-order valence-electron chi connectivity index (χ0n) is 8.36. The lowest BCUT2D eigenvalue weighted by Crippen LogP contribution is -2.22. The van der Waals surface area contributed by atoms with Gasteiger partial charge in [-0.05, 0) is 24.3 Å². The summed E-state index contributed by atoms with van der Waals surface area (Å²) in [5.41, 5.74) is -1.63. The second-order valence-electron chi connectivity index (χ2n) is 3.14. The molecule has 1 aromatic heterocycles. The fraction of sp³-hybridized carbons (Fsp3) is 0. The number of hydrogen-bond donors (Lipinski definition) is 3. The highest BCUT2D eigenvalue weighted by Crippen LogP contribution is 2.24. The summed E-state index contributed by atoms with van der Waals surface area (Å²) in [7, 11) is 0. The van der Waals surface area contributed by atoms with E-state index in [1.807, 2.05) is 9.97 Å². The molecule has 1 aromatic carbocycles. The Kier molecular flexibility index (Phi) is 2.88. The summed E-state index contributed by atoms with van der Waals surface area (Å²) >= 11 is 5.68. The summed E-state index contributed by atoms with van der Waals surface area (Å²) in [6.07, 6.45) is 0. The topological polar surface area (TPSA) is 95.2 Å². The monoisotopic (exact) mass is 254 g/mol. The van der Waals surface area contributed by atoms with Crippen LogP contribution >= 0.6 is 11.6 Å². The van der Waals surface area contributed by atoms with Crippen LogP contribution in [-0.4, -0.2) is 15.1 Å². The van der Waals surface area contributed by atoms with Gasteiger partial charge in [-0.1, -0.05) is 11.6 Å². The quantitative estimate of drug-likeness (QED) is 0.751. The lowest BCUT2D eigenvalue weighted by Gasteiger charge is -2.05. The van der Waals surface area contributed by atoms with Gasteiger partial charge in [0.1, 0.15) is 5.75 Å². The van der Waals surface area contributed by atoms with E-state index in [4.69, 9.17) is 16.3 Å². The van der Waals surface area contributed by atoms with Gasteiger partial charge >= 0.3 is 11.2 Å². The maximum atomic E-state index is 11.3. The van der Waals surface area contributed by atoms with Gasteiger partial charge in [-0.3, -0.25) is 14.8 Å². The van der Waals surface area contributed by atoms with E-state index in [0.717, 1.165) is 0 Å². The number of aromatic amines is 2. The Morgan fingerprint density at radius 1 is 1.12 bits per heavy atom. The Bertz CT molecular complexity index is 645. The number of ether oxygens (including phenoxy) is 1. The lowest BCUT2D eigenvalue weighted by molar-refractivity contribution is 0.387. The molecule has 2 aromatic rings. The molecule has 7 heteroatoms. The van der Waals surface area contributed by atoms with Crippen LogP contribution in [-0.2, 0) is 0 Å². The number of benzene rings is 1. The fourth-order valence-corrected chi connectivity index (χ4v) is 1.30. The largest absolute Gasteiger partial charge is 0.492 e. The van der Waals surface area contributed by atoms with Crippen LogP contribution in [0.5, 0.6) is 17.4 Å². The molecule has 0 aliphatic rings. The highest BCUT2D eigenvalue weighted by Gasteiger charge is 2.10. The van der Waals surface area contributed by atoms with E-state index in [0.29, 0.717) is 10.8 Å². The van der Waals surface area contributed by atoms with Crippen molar-refractivity contribution in [1.82, 2.24) is 9.97 Å². The second kappa shape index (κ2) is 4.34. The molecular weight excluding hydrogens is 248 g/mol. The van der Waals surface area contributed by atoms with Gasteiger partial charge < -0.3 is 9.84 Å². The van der Waals surface area contributed by atoms with Crippen LogP contribution in [0.25, 0.3) is 0 Å². The number of nitrogens with one attached hydrogen (secondary N) is 2. The van der Waals surface area contributed by atoms with Crippen molar-refractivity contribution < 1.29 is 9.84 Å². The van der Waals surface area contributed by atoms with Crippen molar-refractivity contribution in [2.45, 2.75) is 0 Å². The number of rotatable bonds is 2. The number of hydrogen-bond acceptors (Lipinski definition) is 4. The molecule has 0 atom stereocenters. The van der Waals surface area contributed by atoms with Crippen molar-refractivity contribution in [1.29, 1.82) is 0 Å². The van der Waals surface area contributed by atoms with Gasteiger partial charge in [0.05, 0.1) is 0 Å². The van der Waals surface area contributed by atoms with Gasteiger partial charge in [0, 0.05) is 5.02 Å². The van der Waals surface area contributed by atoms with E-state index in [1.54, 1.807) is 12.1 Å². The second-order valence-corrected chi connectivity index (χ2v) is 3.58. The Labute approximate surface area is 99.5 Å². The van der Waals surface area contributed by atoms with Crippen molar-refractivity contribution >= 4 is 11.6 Å². The fourth-order valence-electron chi connectivity index (χ4n) is 1.18. The van der Waals surface area contributed by atoms with E-state index in [1.165, 1.54) is 12.1 Å². The smallest absolute Gasteiger partial charge is 0.328 e. The third-order valence-corrected chi connectivity index (χ3v) is 2.17. The first kappa shape index (κ1) is 11.3. The van der Waals surface area contributed by atoms with Crippen LogP contribution in [0.15, 0.2) is 33.9 Å². The van der Waals surface area contributed by atoms with Crippen LogP contribution in [0.1, 0.15) is 0 Å². The molecule has 0 bridgehead atoms. The van der Waals surface area contributed by atoms with Crippen LogP contribution in [0.3, 0.4) is 0 Å². The van der Waals surface area contributed by atoms with Crippen molar-refractivity contribution in [3.8, 4) is 17.4 Å². The number of aromatic nitrogens is 2. The minimum Gasteiger partial charge on any atom is -0.492 e. The zero-order chi connectivity index (χ0) is 12.4. The molecule has 1 heterocycles. The minimum absolute atomic E-state index is 0.308. The summed E-state index contributed by atoms with van der Waals surface area (Å²) in [5, 5.41) is 9.87. The van der Waals surface area contributed by atoms with Gasteiger partial charge in [0.25, 0.3) is 5.75 Å². The van der Waals surface area contributed by atoms with Gasteiger partial charge in [-0.25, -0.2) is 4.79 Å². The maximum Gasteiger partial charge on any atom is 0.328 e. The van der Waals surface area contributed by atoms with E-state index >= 15 is 0 Å². The molecule has 88 valence electrons. The Morgan fingerprint density at radius 2 is 1.76 bits per heavy atom. The molecule has 0 saturated carbocycles. The predicted molar refractivity (Wildman–Crippen MR) is 60.9 cm³/mol. The number of halogens is 1. The summed E-state index contributed by atoms with van der Waals surface area (Å²) in [4.78, 5) is 26.1. The third-order valence-electron chi connectivity index (χ3n) is 1.91. The van der Waals surface area contributed by atoms with E-state index in [2.05, 4.69) is 0 Å². The first-order chi connectivity index (χ1) is 8.06. The minimum atomic E-state index is -0.818. The van der Waals surface area contributed by atoms with Crippen molar-refractivity contribution in [2.24, 2.45) is 0 Å². The molecule has 0 saturated heterocycles. The van der Waals surface area contributed by atoms with Crippen molar-refractivity contribution in [3.63, 3.8) is 0 Å². The molecule has 6 nitrogen and oxygen atoms in total. The van der Waals surface area contributed by atoms with Crippen LogP contribution in [0.4, 0.5) is 0 Å². The van der Waals surface area contributed by atoms with Gasteiger partial charge in [0.15, 0.2) is 0 Å². The van der Waals surface area contributed by atoms with Crippen molar-refractivity contribution in [2.75, 3.05) is 0 Å². The van der Waals surface area contributed by atoms with Gasteiger partial charge in [-0.15, -0.1) is 0 Å². The molecule has 0 amide bonds. The Balaban J connectivity index is 2.40. The Morgan fingerprint density at radius 3 is 2.35 bits per heavy atom. The zero-order valence-corrected chi connectivity index (χ0v) is 9.12. The summed E-state index contributed by atoms with van der Waals surface area (Å²) in [6.45, 7) is 0. The van der Waals surface area contributed by atoms with E-state index in [9.17, 15) is 14.7 Å². The highest BCUT2D eigenvalue weighted by molar-refractivity contribution is 6.30. The van der Waals surface area contributed by atoms with Gasteiger partial charge in [-0.2, -0.15) is 0 Å². The van der Waals surface area contributed by atoms with Gasteiger partial charge in [0.2, 0.25) is 5.88 Å². The molecule has 0 aliphatic carbocycles. The summed E-state index contributed by atoms with van der Waals surface area (Å²) in [5.74, 6) is -0.706. The highest BCUT2D eigenvalue weighted by atomic mass is 35.5. The normalized spacial score (nSPS) is 10.2. The van der Waals surface area contributed by atoms with E-state index in [-0.39, 0.29) is 5.75 Å². The standard InChI is InChI=1S/C10H7ClN2O4/c11-5-1-3-6(4-2-5)17-7-8(14)12-10(16)13-9(7)15/h1-4H,(H3,12,13,14,15,16). The molecule has 3 N–H and O–H groups in total. The number of aromatic hydroxyl groups is 1. The molecule has 0 unspecified atom stereocenters. The SMILES string of the molecule is O=c1[nH]c(O)c(Oc2ccc(Cl)cc2)c(=O)[nH]1. The first-order valence-electron chi connectivity index (χ1n) is 4.55. The average Bonchev–Trinajstić information content (AvgIpc) is 2.26. The molecule has 0 radical (unpaired) electrons. The van der Waals surface area contributed by atoms with Crippen LogP contribution in [0.2, 0.25) is 5.02 Å². The van der Waals surface area contributed by atoms with Crippen LogP contribution < -0.4 is 16.0 Å². The predicted octanol–water partition coefficient (Wildman–Crippen LogP) is 1.21. The first-order valence-corrected chi connectivity index (χ1v) is 4.93. The van der Waals surface area contributed by atoms with E-state index < -0.39 is 17.1 Å². The third kappa shape index (κ3) is 2.48. The lowest BCUT2D eigenvalue weighted by atomic mass is 10.3. The molecule has 0 aliphatic heterocycles. The molecule has 2 rings (SSSR count). The molecular formula is C10H7ClN2O4. The number of H-pyrrole nitrogens is 2. The van der Waals surface area contributed by atoms with Crippen molar-refractivity contribution in [3.05, 3.63) is 50.1 Å².